The summed E-state index contributed by atoms with van der Waals surface area (Å²) in [6.07, 6.45) is 1.44. The molecule has 1 saturated heterocycles. The van der Waals surface area contributed by atoms with Gasteiger partial charge in [-0.05, 0) is 43.7 Å². The van der Waals surface area contributed by atoms with Crippen molar-refractivity contribution in [3.05, 3.63) is 64.1 Å². The summed E-state index contributed by atoms with van der Waals surface area (Å²) in [4.78, 5) is 31.6. The number of nitrogens with zero attached hydrogens (tertiary/aromatic N) is 2. The number of benzene rings is 2. The number of aromatic nitrogens is 1. The summed E-state index contributed by atoms with van der Waals surface area (Å²) < 4.78 is 0. The first-order chi connectivity index (χ1) is 13.5. The van der Waals surface area contributed by atoms with Crippen LogP contribution < -0.4 is 10.2 Å². The summed E-state index contributed by atoms with van der Waals surface area (Å²) in [5.41, 5.74) is 3.01. The van der Waals surface area contributed by atoms with Crippen LogP contribution in [0.5, 0.6) is 0 Å². The highest BCUT2D eigenvalue weighted by molar-refractivity contribution is 7.17. The Bertz CT molecular complexity index is 1060. The Kier molecular flexibility index (Phi) is 5.15. The van der Waals surface area contributed by atoms with Crippen LogP contribution in [0.4, 0.5) is 11.4 Å². The molecule has 4 rings (SSSR count). The zero-order chi connectivity index (χ0) is 19.7. The Hall–Kier alpha value is -2.70. The SMILES string of the molecule is Cc1nc(-c2cccc(Cl)c2)sc1C(=O)Nc1cccc(N2CCCC2=O)c1. The second-order valence-corrected chi connectivity index (χ2v) is 8.03. The minimum atomic E-state index is -0.215. The van der Waals surface area contributed by atoms with Crippen LogP contribution in [0.15, 0.2) is 48.5 Å². The lowest BCUT2D eigenvalue weighted by Gasteiger charge is -2.16. The number of amides is 2. The van der Waals surface area contributed by atoms with E-state index in [1.165, 1.54) is 11.3 Å². The number of hydrogen-bond donors (Lipinski definition) is 1. The van der Waals surface area contributed by atoms with Gasteiger partial charge in [-0.25, -0.2) is 4.98 Å². The molecule has 7 heteroatoms. The summed E-state index contributed by atoms with van der Waals surface area (Å²) in [6.45, 7) is 2.53. The van der Waals surface area contributed by atoms with Gasteiger partial charge in [0.25, 0.3) is 5.91 Å². The average molecular weight is 412 g/mol. The topological polar surface area (TPSA) is 62.3 Å². The van der Waals surface area contributed by atoms with Gasteiger partial charge in [-0.3, -0.25) is 9.59 Å². The Morgan fingerprint density at radius 1 is 1.21 bits per heavy atom. The number of thiazole rings is 1. The van der Waals surface area contributed by atoms with E-state index in [1.807, 2.05) is 49.4 Å². The zero-order valence-electron chi connectivity index (χ0n) is 15.2. The van der Waals surface area contributed by atoms with Crippen molar-refractivity contribution < 1.29 is 9.59 Å². The van der Waals surface area contributed by atoms with E-state index in [9.17, 15) is 9.59 Å². The second-order valence-electron chi connectivity index (χ2n) is 6.60. The van der Waals surface area contributed by atoms with Crippen LogP contribution in [0, 0.1) is 6.92 Å². The Morgan fingerprint density at radius 2 is 2.04 bits per heavy atom. The molecule has 2 aromatic carbocycles. The van der Waals surface area contributed by atoms with Crippen molar-refractivity contribution in [3.63, 3.8) is 0 Å². The van der Waals surface area contributed by atoms with Gasteiger partial charge in [0, 0.05) is 34.9 Å². The maximum Gasteiger partial charge on any atom is 0.267 e. The van der Waals surface area contributed by atoms with Crippen LogP contribution in [-0.2, 0) is 4.79 Å². The molecular formula is C21H18ClN3O2S. The van der Waals surface area contributed by atoms with Gasteiger partial charge in [-0.15, -0.1) is 11.3 Å². The van der Waals surface area contributed by atoms with Gasteiger partial charge >= 0.3 is 0 Å². The van der Waals surface area contributed by atoms with Gasteiger partial charge in [0.15, 0.2) is 0 Å². The van der Waals surface area contributed by atoms with Gasteiger partial charge in [-0.1, -0.05) is 29.8 Å². The first-order valence-electron chi connectivity index (χ1n) is 8.96. The summed E-state index contributed by atoms with van der Waals surface area (Å²) in [7, 11) is 0. The third kappa shape index (κ3) is 3.79. The highest BCUT2D eigenvalue weighted by atomic mass is 35.5. The van der Waals surface area contributed by atoms with Crippen molar-refractivity contribution >= 4 is 46.1 Å². The number of hydrogen-bond acceptors (Lipinski definition) is 4. The van der Waals surface area contributed by atoms with Crippen LogP contribution in [0.1, 0.15) is 28.2 Å². The van der Waals surface area contributed by atoms with E-state index in [0.717, 1.165) is 22.7 Å². The summed E-state index contributed by atoms with van der Waals surface area (Å²) in [5, 5.41) is 4.30. The van der Waals surface area contributed by atoms with E-state index < -0.39 is 0 Å². The molecule has 28 heavy (non-hydrogen) atoms. The number of aryl methyl sites for hydroxylation is 1. The monoisotopic (exact) mass is 411 g/mol. The van der Waals surface area contributed by atoms with Crippen molar-refractivity contribution in [1.29, 1.82) is 0 Å². The number of carbonyl (C=O) groups is 2. The van der Waals surface area contributed by atoms with E-state index in [0.29, 0.717) is 34.2 Å². The number of carbonyl (C=O) groups excluding carboxylic acids is 2. The van der Waals surface area contributed by atoms with Crippen molar-refractivity contribution in [2.24, 2.45) is 0 Å². The molecule has 0 bridgehead atoms. The van der Waals surface area contributed by atoms with Gasteiger partial charge in [-0.2, -0.15) is 0 Å². The predicted molar refractivity (Wildman–Crippen MR) is 113 cm³/mol. The van der Waals surface area contributed by atoms with Crippen LogP contribution in [0.25, 0.3) is 10.6 Å². The smallest absolute Gasteiger partial charge is 0.267 e. The normalized spacial score (nSPS) is 13.8. The van der Waals surface area contributed by atoms with Gasteiger partial charge in [0.2, 0.25) is 5.91 Å². The standard InChI is InChI=1S/C21H18ClN3O2S/c1-13-19(28-21(23-13)14-5-2-6-15(22)11-14)20(27)24-16-7-3-8-17(12-16)25-10-4-9-18(25)26/h2-3,5-8,11-12H,4,9-10H2,1H3,(H,24,27). The molecule has 0 unspecified atom stereocenters. The largest absolute Gasteiger partial charge is 0.321 e. The molecule has 5 nitrogen and oxygen atoms in total. The lowest BCUT2D eigenvalue weighted by atomic mass is 10.2. The molecule has 2 heterocycles. The number of anilines is 2. The highest BCUT2D eigenvalue weighted by Gasteiger charge is 2.22. The summed E-state index contributed by atoms with van der Waals surface area (Å²) in [5.74, 6) is -0.0962. The van der Waals surface area contributed by atoms with Crippen molar-refractivity contribution in [3.8, 4) is 10.6 Å². The number of rotatable bonds is 4. The molecule has 0 aliphatic carbocycles. The van der Waals surface area contributed by atoms with Gasteiger partial charge in [0.05, 0.1) is 5.69 Å². The molecule has 2 amide bonds. The highest BCUT2D eigenvalue weighted by Crippen LogP contribution is 2.30. The molecular weight excluding hydrogens is 394 g/mol. The van der Waals surface area contributed by atoms with Crippen LogP contribution in [0.2, 0.25) is 5.02 Å². The Morgan fingerprint density at radius 3 is 2.79 bits per heavy atom. The fourth-order valence-electron chi connectivity index (χ4n) is 3.21. The fraction of sp³-hybridized carbons (Fsp3) is 0.190. The summed E-state index contributed by atoms with van der Waals surface area (Å²) >= 11 is 7.39. The molecule has 1 N–H and O–H groups in total. The second kappa shape index (κ2) is 7.73. The van der Waals surface area contributed by atoms with Crippen molar-refractivity contribution in [1.82, 2.24) is 4.98 Å². The first kappa shape index (κ1) is 18.7. The quantitative estimate of drug-likeness (QED) is 0.645. The van der Waals surface area contributed by atoms with E-state index in [4.69, 9.17) is 11.6 Å². The molecule has 1 aliphatic heterocycles. The molecule has 0 saturated carbocycles. The van der Waals surface area contributed by atoms with Crippen molar-refractivity contribution in [2.75, 3.05) is 16.8 Å². The molecule has 3 aromatic rings. The van der Waals surface area contributed by atoms with E-state index in [2.05, 4.69) is 10.3 Å². The van der Waals surface area contributed by atoms with Gasteiger partial charge in [0.1, 0.15) is 9.88 Å². The molecule has 1 aromatic heterocycles. The average Bonchev–Trinajstić information content (AvgIpc) is 3.27. The first-order valence-corrected chi connectivity index (χ1v) is 10.2. The maximum absolute atomic E-state index is 12.8. The van der Waals surface area contributed by atoms with E-state index >= 15 is 0 Å². The van der Waals surface area contributed by atoms with Crippen LogP contribution in [-0.4, -0.2) is 23.3 Å². The van der Waals surface area contributed by atoms with Crippen LogP contribution >= 0.6 is 22.9 Å². The third-order valence-corrected chi connectivity index (χ3v) is 6.00. The lowest BCUT2D eigenvalue weighted by molar-refractivity contribution is -0.117. The Balaban J connectivity index is 1.55. The van der Waals surface area contributed by atoms with E-state index in [-0.39, 0.29) is 11.8 Å². The van der Waals surface area contributed by atoms with Crippen molar-refractivity contribution in [2.45, 2.75) is 19.8 Å². The fourth-order valence-corrected chi connectivity index (χ4v) is 4.36. The molecule has 0 spiro atoms. The summed E-state index contributed by atoms with van der Waals surface area (Å²) in [6, 6.07) is 14.8. The number of nitrogens with one attached hydrogen (secondary N) is 1. The molecule has 142 valence electrons. The Labute approximate surface area is 172 Å². The number of halogens is 1. The van der Waals surface area contributed by atoms with E-state index in [1.54, 1.807) is 11.0 Å². The molecule has 1 fully saturated rings. The minimum Gasteiger partial charge on any atom is -0.321 e. The lowest BCUT2D eigenvalue weighted by Crippen LogP contribution is -2.23. The molecule has 0 atom stereocenters. The third-order valence-electron chi connectivity index (χ3n) is 4.56. The zero-order valence-corrected chi connectivity index (χ0v) is 16.8. The van der Waals surface area contributed by atoms with Gasteiger partial charge < -0.3 is 10.2 Å². The molecule has 1 aliphatic rings. The molecule has 0 radical (unpaired) electrons. The predicted octanol–water partition coefficient (Wildman–Crippen LogP) is 5.15. The maximum atomic E-state index is 12.8. The minimum absolute atomic E-state index is 0.118. The van der Waals surface area contributed by atoms with Crippen LogP contribution in [0.3, 0.4) is 0 Å².